The average Bonchev–Trinajstić information content (AvgIpc) is 3.29. The minimum absolute atomic E-state index is 0.146. The van der Waals surface area contributed by atoms with Crippen molar-refractivity contribution in [2.45, 2.75) is 56.5 Å². The fourth-order valence-electron chi connectivity index (χ4n) is 3.23. The summed E-state index contributed by atoms with van der Waals surface area (Å²) in [7, 11) is 0. The quantitative estimate of drug-likeness (QED) is 0.223. The van der Waals surface area contributed by atoms with Crippen molar-refractivity contribution in [1.82, 2.24) is 30.2 Å². The van der Waals surface area contributed by atoms with Crippen molar-refractivity contribution in [1.29, 1.82) is 0 Å². The first-order chi connectivity index (χ1) is 14.6. The summed E-state index contributed by atoms with van der Waals surface area (Å²) in [6.07, 6.45) is -1.71. The van der Waals surface area contributed by atoms with Gasteiger partial charge < -0.3 is 42.2 Å². The number of imidazole rings is 1. The summed E-state index contributed by atoms with van der Waals surface area (Å²) < 4.78 is 7.19. The van der Waals surface area contributed by atoms with Crippen LogP contribution in [0.1, 0.15) is 20.1 Å². The molecule has 14 nitrogen and oxygen atoms in total. The standard InChI is InChI=1S/C17H26N8O6/c1-6(23-16(30)9(18)7(2)27)15(29)24-10-12(28)8(3-26)31-17(10)25-5-22-11-13(19)20-4-21-14(11)25/h4-10,12,17,26-28H,3,18H2,1-2H3,(H,23,30)(H,24,29)(H2,19,20,21)/t6-,7+,8+,9-,10+,12+,17+/m0/s1. The lowest BCUT2D eigenvalue weighted by atomic mass is 10.1. The monoisotopic (exact) mass is 438 g/mol. The molecule has 1 aliphatic rings. The second kappa shape index (κ2) is 9.07. The van der Waals surface area contributed by atoms with Crippen LogP contribution in [0.4, 0.5) is 5.82 Å². The van der Waals surface area contributed by atoms with Crippen molar-refractivity contribution in [3.63, 3.8) is 0 Å². The molecule has 0 saturated carbocycles. The molecule has 0 spiro atoms. The molecular formula is C17H26N8O6. The maximum absolute atomic E-state index is 12.7. The van der Waals surface area contributed by atoms with Crippen LogP contribution in [0.15, 0.2) is 12.7 Å². The first-order valence-corrected chi connectivity index (χ1v) is 9.57. The van der Waals surface area contributed by atoms with E-state index < -0.39 is 61.1 Å². The number of rotatable bonds is 7. The third kappa shape index (κ3) is 4.42. The van der Waals surface area contributed by atoms with Gasteiger partial charge in [0.05, 0.1) is 19.0 Å². The predicted molar refractivity (Wildman–Crippen MR) is 106 cm³/mol. The van der Waals surface area contributed by atoms with Crippen molar-refractivity contribution < 1.29 is 29.6 Å². The van der Waals surface area contributed by atoms with Gasteiger partial charge in [0.15, 0.2) is 17.7 Å². The second-order valence-corrected chi connectivity index (χ2v) is 7.35. The minimum atomic E-state index is -1.27. The molecule has 1 saturated heterocycles. The van der Waals surface area contributed by atoms with Crippen LogP contribution in [0.3, 0.4) is 0 Å². The number of carbonyl (C=O) groups is 2. The number of fused-ring (bicyclic) bond motifs is 1. The van der Waals surface area contributed by atoms with E-state index in [1.54, 1.807) is 0 Å². The van der Waals surface area contributed by atoms with E-state index in [4.69, 9.17) is 16.2 Å². The van der Waals surface area contributed by atoms with E-state index in [2.05, 4.69) is 25.6 Å². The van der Waals surface area contributed by atoms with Crippen LogP contribution in [-0.4, -0.2) is 89.7 Å². The molecule has 31 heavy (non-hydrogen) atoms. The molecule has 170 valence electrons. The molecular weight excluding hydrogens is 412 g/mol. The Morgan fingerprint density at radius 2 is 2.00 bits per heavy atom. The zero-order valence-corrected chi connectivity index (χ0v) is 16.9. The number of carbonyl (C=O) groups excluding carboxylic acids is 2. The summed E-state index contributed by atoms with van der Waals surface area (Å²) in [5.41, 5.74) is 12.0. The summed E-state index contributed by atoms with van der Waals surface area (Å²) in [6, 6.07) is -3.25. The minimum Gasteiger partial charge on any atom is -0.394 e. The number of aromatic nitrogens is 4. The van der Waals surface area contributed by atoms with E-state index in [0.717, 1.165) is 0 Å². The molecule has 2 amide bonds. The highest BCUT2D eigenvalue weighted by Crippen LogP contribution is 2.32. The number of hydrogen-bond donors (Lipinski definition) is 7. The van der Waals surface area contributed by atoms with Gasteiger partial charge >= 0.3 is 0 Å². The number of nitrogens with one attached hydrogen (secondary N) is 2. The Bertz CT molecular complexity index is 952. The number of nitrogen functional groups attached to an aromatic ring is 1. The molecule has 0 aliphatic carbocycles. The van der Waals surface area contributed by atoms with Gasteiger partial charge in [-0.1, -0.05) is 0 Å². The van der Waals surface area contributed by atoms with Gasteiger partial charge in [-0.15, -0.1) is 0 Å². The topological polar surface area (TPSA) is 224 Å². The lowest BCUT2D eigenvalue weighted by Crippen LogP contribution is -2.56. The van der Waals surface area contributed by atoms with Gasteiger partial charge in [-0.05, 0) is 13.8 Å². The van der Waals surface area contributed by atoms with Gasteiger partial charge in [0.1, 0.15) is 42.2 Å². The second-order valence-electron chi connectivity index (χ2n) is 7.35. The van der Waals surface area contributed by atoms with Crippen LogP contribution in [0.25, 0.3) is 11.2 Å². The van der Waals surface area contributed by atoms with Crippen LogP contribution in [-0.2, 0) is 14.3 Å². The Labute approximate surface area is 176 Å². The van der Waals surface area contributed by atoms with Crippen LogP contribution < -0.4 is 22.1 Å². The Hall–Kier alpha value is -2.91. The molecule has 3 heterocycles. The SMILES string of the molecule is C[C@H](NC(=O)[C@@H](N)[C@@H](C)O)C(=O)N[C@@H]1[C@H](O)[C@@H](CO)O[C@H]1n1cnc2c(N)ncnc21. The van der Waals surface area contributed by atoms with Crippen molar-refractivity contribution >= 4 is 28.8 Å². The zero-order chi connectivity index (χ0) is 22.9. The molecule has 9 N–H and O–H groups in total. The highest BCUT2D eigenvalue weighted by molar-refractivity contribution is 5.89. The highest BCUT2D eigenvalue weighted by Gasteiger charge is 2.46. The van der Waals surface area contributed by atoms with Gasteiger partial charge in [-0.3, -0.25) is 14.2 Å². The van der Waals surface area contributed by atoms with E-state index in [0.29, 0.717) is 11.2 Å². The number of amides is 2. The normalized spacial score (nSPS) is 26.4. The lowest BCUT2D eigenvalue weighted by Gasteiger charge is -2.25. The van der Waals surface area contributed by atoms with Gasteiger partial charge in [-0.2, -0.15) is 0 Å². The lowest BCUT2D eigenvalue weighted by molar-refractivity contribution is -0.131. The molecule has 7 atom stereocenters. The number of ether oxygens (including phenoxy) is 1. The summed E-state index contributed by atoms with van der Waals surface area (Å²) in [6.45, 7) is 2.28. The van der Waals surface area contributed by atoms with Crippen LogP contribution in [0.2, 0.25) is 0 Å². The third-order valence-corrected chi connectivity index (χ3v) is 5.09. The van der Waals surface area contributed by atoms with E-state index in [9.17, 15) is 24.9 Å². The fraction of sp³-hybridized carbons (Fsp3) is 0.588. The van der Waals surface area contributed by atoms with Crippen LogP contribution in [0, 0.1) is 0 Å². The van der Waals surface area contributed by atoms with Crippen LogP contribution in [0.5, 0.6) is 0 Å². The van der Waals surface area contributed by atoms with Crippen molar-refractivity contribution in [3.8, 4) is 0 Å². The molecule has 0 bridgehead atoms. The first kappa shape index (κ1) is 22.8. The molecule has 1 fully saturated rings. The van der Waals surface area contributed by atoms with Crippen molar-refractivity contribution in [2.24, 2.45) is 5.73 Å². The maximum Gasteiger partial charge on any atom is 0.242 e. The number of hydrogen-bond acceptors (Lipinski definition) is 11. The Kier molecular flexibility index (Phi) is 6.66. The molecule has 1 aliphatic heterocycles. The van der Waals surface area contributed by atoms with E-state index in [-0.39, 0.29) is 5.82 Å². The summed E-state index contributed by atoms with van der Waals surface area (Å²) in [4.78, 5) is 36.8. The van der Waals surface area contributed by atoms with E-state index in [1.165, 1.54) is 31.1 Å². The summed E-state index contributed by atoms with van der Waals surface area (Å²) in [5, 5.41) is 34.6. The number of anilines is 1. The molecule has 3 rings (SSSR count). The highest BCUT2D eigenvalue weighted by atomic mass is 16.5. The van der Waals surface area contributed by atoms with Crippen molar-refractivity contribution in [3.05, 3.63) is 12.7 Å². The van der Waals surface area contributed by atoms with E-state index in [1.807, 2.05) is 0 Å². The Morgan fingerprint density at radius 3 is 2.65 bits per heavy atom. The molecule has 0 radical (unpaired) electrons. The average molecular weight is 438 g/mol. The van der Waals surface area contributed by atoms with Gasteiger partial charge in [0, 0.05) is 0 Å². The first-order valence-electron chi connectivity index (χ1n) is 9.57. The summed E-state index contributed by atoms with van der Waals surface area (Å²) in [5.74, 6) is -1.20. The zero-order valence-electron chi connectivity index (χ0n) is 16.9. The van der Waals surface area contributed by atoms with E-state index >= 15 is 0 Å². The Morgan fingerprint density at radius 1 is 1.29 bits per heavy atom. The third-order valence-electron chi connectivity index (χ3n) is 5.09. The molecule has 2 aromatic heterocycles. The molecule has 14 heteroatoms. The molecule has 0 unspecified atom stereocenters. The maximum atomic E-state index is 12.7. The molecule has 0 aromatic carbocycles. The largest absolute Gasteiger partial charge is 0.394 e. The van der Waals surface area contributed by atoms with Gasteiger partial charge in [0.2, 0.25) is 11.8 Å². The van der Waals surface area contributed by atoms with Gasteiger partial charge in [0.25, 0.3) is 0 Å². The van der Waals surface area contributed by atoms with Crippen molar-refractivity contribution in [2.75, 3.05) is 12.3 Å². The predicted octanol–water partition coefficient (Wildman–Crippen LogP) is -3.64. The number of aliphatic hydroxyl groups is 3. The number of nitrogens with two attached hydrogens (primary N) is 2. The molecule has 2 aromatic rings. The number of aliphatic hydroxyl groups excluding tert-OH is 3. The van der Waals surface area contributed by atoms with Gasteiger partial charge in [-0.25, -0.2) is 15.0 Å². The fourth-order valence-corrected chi connectivity index (χ4v) is 3.23. The summed E-state index contributed by atoms with van der Waals surface area (Å²) >= 11 is 0. The van der Waals surface area contributed by atoms with Crippen LogP contribution >= 0.6 is 0 Å². The number of nitrogens with zero attached hydrogens (tertiary/aromatic N) is 4. The Balaban J connectivity index is 1.81. The smallest absolute Gasteiger partial charge is 0.242 e.